The van der Waals surface area contributed by atoms with E-state index in [-0.39, 0.29) is 18.0 Å². The van der Waals surface area contributed by atoms with Gasteiger partial charge in [0, 0.05) is 42.9 Å². The minimum atomic E-state index is -0.212. The van der Waals surface area contributed by atoms with E-state index in [1.165, 1.54) is 0 Å². The van der Waals surface area contributed by atoms with E-state index in [1.54, 1.807) is 7.11 Å². The van der Waals surface area contributed by atoms with E-state index in [0.29, 0.717) is 5.02 Å². The Morgan fingerprint density at radius 2 is 1.82 bits per heavy atom. The number of methoxy groups -OCH3 is 1. The summed E-state index contributed by atoms with van der Waals surface area (Å²) in [5, 5.41) is 0.712. The molecule has 2 aromatic carbocycles. The first-order valence-corrected chi connectivity index (χ1v) is 9.96. The number of piperazine rings is 1. The number of ether oxygens (including phenoxy) is 1. The van der Waals surface area contributed by atoms with Crippen LogP contribution in [0.15, 0.2) is 48.5 Å². The SMILES string of the molecule is COc1ccc(N2CCN(C(=O)C3CC(c4cccc(Cl)c4)NN3)CC2)cc1. The van der Waals surface area contributed by atoms with Crippen LogP contribution in [0.1, 0.15) is 18.0 Å². The summed E-state index contributed by atoms with van der Waals surface area (Å²) in [7, 11) is 1.67. The maximum Gasteiger partial charge on any atom is 0.241 e. The standard InChI is InChI=1S/C21H25ClN4O2/c1-28-18-7-5-17(6-8-18)25-9-11-26(12-10-25)21(27)20-14-19(23-24-20)15-3-2-4-16(22)13-15/h2-8,13,19-20,23-24H,9-12,14H2,1H3. The molecule has 148 valence electrons. The summed E-state index contributed by atoms with van der Waals surface area (Å²) in [4.78, 5) is 17.2. The number of hydrogen-bond acceptors (Lipinski definition) is 5. The summed E-state index contributed by atoms with van der Waals surface area (Å²) in [6.45, 7) is 3.11. The van der Waals surface area contributed by atoms with E-state index >= 15 is 0 Å². The third kappa shape index (κ3) is 4.09. The molecule has 2 fully saturated rings. The first kappa shape index (κ1) is 19.1. The van der Waals surface area contributed by atoms with Gasteiger partial charge in [-0.3, -0.25) is 4.79 Å². The lowest BCUT2D eigenvalue weighted by atomic mass is 10.0. The highest BCUT2D eigenvalue weighted by Gasteiger charge is 2.34. The smallest absolute Gasteiger partial charge is 0.241 e. The number of halogens is 1. The second-order valence-electron chi connectivity index (χ2n) is 7.19. The van der Waals surface area contributed by atoms with Crippen molar-refractivity contribution in [2.24, 2.45) is 0 Å². The number of carbonyl (C=O) groups is 1. The van der Waals surface area contributed by atoms with Gasteiger partial charge in [-0.25, -0.2) is 10.9 Å². The number of nitrogens with zero attached hydrogens (tertiary/aromatic N) is 2. The molecule has 2 aliphatic rings. The van der Waals surface area contributed by atoms with Crippen LogP contribution in [0.25, 0.3) is 0 Å². The van der Waals surface area contributed by atoms with Crippen molar-refractivity contribution < 1.29 is 9.53 Å². The van der Waals surface area contributed by atoms with Crippen molar-refractivity contribution in [3.8, 4) is 5.75 Å². The number of nitrogens with one attached hydrogen (secondary N) is 2. The Morgan fingerprint density at radius 3 is 2.50 bits per heavy atom. The highest BCUT2D eigenvalue weighted by atomic mass is 35.5. The molecule has 2 atom stereocenters. The lowest BCUT2D eigenvalue weighted by Gasteiger charge is -2.37. The number of rotatable bonds is 4. The fourth-order valence-electron chi connectivity index (χ4n) is 3.86. The second-order valence-corrected chi connectivity index (χ2v) is 7.63. The van der Waals surface area contributed by atoms with Crippen molar-refractivity contribution in [3.05, 3.63) is 59.1 Å². The molecule has 0 bridgehead atoms. The molecule has 0 radical (unpaired) electrons. The van der Waals surface area contributed by atoms with Gasteiger partial charge >= 0.3 is 0 Å². The second kappa shape index (κ2) is 8.39. The molecule has 7 heteroatoms. The fraction of sp³-hybridized carbons (Fsp3) is 0.381. The van der Waals surface area contributed by atoms with Crippen molar-refractivity contribution in [2.45, 2.75) is 18.5 Å². The van der Waals surface area contributed by atoms with E-state index in [2.05, 4.69) is 27.9 Å². The summed E-state index contributed by atoms with van der Waals surface area (Å²) >= 11 is 6.09. The molecule has 6 nitrogen and oxygen atoms in total. The van der Waals surface area contributed by atoms with E-state index in [9.17, 15) is 4.79 Å². The molecule has 2 N–H and O–H groups in total. The van der Waals surface area contributed by atoms with Crippen LogP contribution in [0.4, 0.5) is 5.69 Å². The zero-order chi connectivity index (χ0) is 19.5. The molecule has 2 heterocycles. The van der Waals surface area contributed by atoms with Gasteiger partial charge in [0.15, 0.2) is 0 Å². The Morgan fingerprint density at radius 1 is 1.07 bits per heavy atom. The van der Waals surface area contributed by atoms with Gasteiger partial charge in [-0.05, 0) is 48.4 Å². The monoisotopic (exact) mass is 400 g/mol. The van der Waals surface area contributed by atoms with Crippen molar-refractivity contribution in [1.29, 1.82) is 0 Å². The van der Waals surface area contributed by atoms with Gasteiger partial charge in [0.1, 0.15) is 11.8 Å². The molecular weight excluding hydrogens is 376 g/mol. The minimum absolute atomic E-state index is 0.0910. The molecular formula is C21H25ClN4O2. The van der Waals surface area contributed by atoms with Gasteiger partial charge in [0.25, 0.3) is 0 Å². The number of carbonyl (C=O) groups excluding carboxylic acids is 1. The Bertz CT molecular complexity index is 821. The van der Waals surface area contributed by atoms with E-state index < -0.39 is 0 Å². The molecule has 2 aliphatic heterocycles. The Labute approximate surface area is 170 Å². The zero-order valence-electron chi connectivity index (χ0n) is 15.9. The topological polar surface area (TPSA) is 56.8 Å². The summed E-state index contributed by atoms with van der Waals surface area (Å²) in [5.74, 6) is 1.01. The number of hydrazine groups is 1. The zero-order valence-corrected chi connectivity index (χ0v) is 16.7. The minimum Gasteiger partial charge on any atom is -0.497 e. The highest BCUT2D eigenvalue weighted by molar-refractivity contribution is 6.30. The molecule has 0 aromatic heterocycles. The van der Waals surface area contributed by atoms with Crippen LogP contribution in [0.5, 0.6) is 5.75 Å². The molecule has 1 amide bonds. The van der Waals surface area contributed by atoms with Gasteiger partial charge in [-0.1, -0.05) is 23.7 Å². The first-order valence-electron chi connectivity index (χ1n) is 9.58. The highest BCUT2D eigenvalue weighted by Crippen LogP contribution is 2.26. The summed E-state index contributed by atoms with van der Waals surface area (Å²) in [5.41, 5.74) is 8.66. The van der Waals surface area contributed by atoms with Crippen LogP contribution < -0.4 is 20.5 Å². The number of hydrogen-bond donors (Lipinski definition) is 2. The van der Waals surface area contributed by atoms with Crippen molar-refractivity contribution in [1.82, 2.24) is 15.8 Å². The molecule has 0 saturated carbocycles. The van der Waals surface area contributed by atoms with Crippen LogP contribution in [-0.2, 0) is 4.79 Å². The average Bonchev–Trinajstić information content (AvgIpc) is 3.24. The summed E-state index contributed by atoms with van der Waals surface area (Å²) in [6.07, 6.45) is 0.720. The van der Waals surface area contributed by atoms with E-state index in [0.717, 1.165) is 49.6 Å². The summed E-state index contributed by atoms with van der Waals surface area (Å²) < 4.78 is 5.22. The van der Waals surface area contributed by atoms with E-state index in [4.69, 9.17) is 16.3 Å². The third-order valence-corrected chi connectivity index (χ3v) is 5.72. The lowest BCUT2D eigenvalue weighted by Crippen LogP contribution is -2.53. The van der Waals surface area contributed by atoms with Gasteiger partial charge < -0.3 is 14.5 Å². The van der Waals surface area contributed by atoms with Crippen molar-refractivity contribution in [2.75, 3.05) is 38.2 Å². The van der Waals surface area contributed by atoms with Crippen LogP contribution in [-0.4, -0.2) is 50.1 Å². The first-order chi connectivity index (χ1) is 13.6. The largest absolute Gasteiger partial charge is 0.497 e. The predicted molar refractivity (Wildman–Crippen MR) is 111 cm³/mol. The third-order valence-electron chi connectivity index (χ3n) is 5.48. The quantitative estimate of drug-likeness (QED) is 0.826. The molecule has 2 unspecified atom stereocenters. The van der Waals surface area contributed by atoms with E-state index in [1.807, 2.05) is 41.3 Å². The number of amides is 1. The lowest BCUT2D eigenvalue weighted by molar-refractivity contribution is -0.133. The number of anilines is 1. The van der Waals surface area contributed by atoms with Crippen LogP contribution in [0, 0.1) is 0 Å². The van der Waals surface area contributed by atoms with Gasteiger partial charge in [0.05, 0.1) is 7.11 Å². The van der Waals surface area contributed by atoms with Crippen LogP contribution in [0.2, 0.25) is 5.02 Å². The van der Waals surface area contributed by atoms with Crippen LogP contribution in [0.3, 0.4) is 0 Å². The molecule has 2 aromatic rings. The van der Waals surface area contributed by atoms with Crippen LogP contribution >= 0.6 is 11.6 Å². The van der Waals surface area contributed by atoms with Gasteiger partial charge in [0.2, 0.25) is 5.91 Å². The van der Waals surface area contributed by atoms with Crippen molar-refractivity contribution >= 4 is 23.2 Å². The van der Waals surface area contributed by atoms with Gasteiger partial charge in [-0.15, -0.1) is 0 Å². The fourth-order valence-corrected chi connectivity index (χ4v) is 4.06. The Kier molecular flexibility index (Phi) is 5.71. The molecule has 0 aliphatic carbocycles. The van der Waals surface area contributed by atoms with Crippen molar-refractivity contribution in [3.63, 3.8) is 0 Å². The average molecular weight is 401 g/mol. The molecule has 0 spiro atoms. The maximum atomic E-state index is 12.9. The normalized spacial score (nSPS) is 22.4. The Balaban J connectivity index is 1.31. The maximum absolute atomic E-state index is 12.9. The molecule has 28 heavy (non-hydrogen) atoms. The van der Waals surface area contributed by atoms with Gasteiger partial charge in [-0.2, -0.15) is 0 Å². The predicted octanol–water partition coefficient (Wildman–Crippen LogP) is 2.61. The molecule has 2 saturated heterocycles. The number of benzene rings is 2. The Hall–Kier alpha value is -2.28. The molecule has 4 rings (SSSR count). The summed E-state index contributed by atoms with van der Waals surface area (Å²) in [6, 6.07) is 15.7.